The van der Waals surface area contributed by atoms with Crippen LogP contribution < -0.4 is 9.62 Å². The van der Waals surface area contributed by atoms with Crippen molar-refractivity contribution < 1.29 is 31.2 Å². The number of carbonyl (C=O) groups excluding carboxylic acids is 2. The molecular weight excluding hydrogens is 683 g/mol. The number of halogens is 4. The number of benzene rings is 4. The molecule has 4 rings (SSSR count). The van der Waals surface area contributed by atoms with Crippen molar-refractivity contribution in [3.63, 3.8) is 0 Å². The van der Waals surface area contributed by atoms with Crippen LogP contribution in [0.25, 0.3) is 0 Å². The molecule has 4 aromatic carbocycles. The van der Waals surface area contributed by atoms with Crippen LogP contribution in [0.4, 0.5) is 18.9 Å². The lowest BCUT2D eigenvalue weighted by molar-refractivity contribution is -0.140. The van der Waals surface area contributed by atoms with Gasteiger partial charge in [-0.2, -0.15) is 13.2 Å². The summed E-state index contributed by atoms with van der Waals surface area (Å²) in [6, 6.07) is 25.7. The average Bonchev–Trinajstić information content (AvgIpc) is 3.01. The maximum atomic E-state index is 14.4. The maximum Gasteiger partial charge on any atom is 0.416 e. The van der Waals surface area contributed by atoms with E-state index >= 15 is 0 Å². The second kappa shape index (κ2) is 15.0. The van der Waals surface area contributed by atoms with Crippen molar-refractivity contribution in [3.05, 3.63) is 130 Å². The van der Waals surface area contributed by atoms with E-state index in [0.29, 0.717) is 15.9 Å². The minimum absolute atomic E-state index is 0.0803. The maximum absolute atomic E-state index is 14.4. The van der Waals surface area contributed by atoms with Crippen molar-refractivity contribution in [2.75, 3.05) is 10.8 Å². The minimum atomic E-state index is -4.76. The van der Waals surface area contributed by atoms with E-state index in [1.807, 2.05) is 18.2 Å². The van der Waals surface area contributed by atoms with Gasteiger partial charge < -0.3 is 10.2 Å². The molecule has 0 radical (unpaired) electrons. The van der Waals surface area contributed by atoms with Gasteiger partial charge in [0.05, 0.1) is 16.1 Å². The molecule has 12 heteroatoms. The van der Waals surface area contributed by atoms with Crippen LogP contribution in [0, 0.1) is 0 Å². The first-order valence-electron chi connectivity index (χ1n) is 14.4. The molecule has 0 aliphatic rings. The van der Waals surface area contributed by atoms with Crippen LogP contribution in [-0.4, -0.2) is 43.8 Å². The Kier molecular flexibility index (Phi) is 11.3. The first-order chi connectivity index (χ1) is 21.8. The molecule has 0 aliphatic carbocycles. The Morgan fingerprint density at radius 1 is 0.826 bits per heavy atom. The Morgan fingerprint density at radius 2 is 1.43 bits per heavy atom. The molecule has 0 aliphatic heterocycles. The number of alkyl halides is 3. The molecule has 0 heterocycles. The second-order valence-corrected chi connectivity index (χ2v) is 13.7. The lowest BCUT2D eigenvalue weighted by Gasteiger charge is -2.34. The zero-order chi connectivity index (χ0) is 33.5. The molecule has 0 unspecified atom stereocenters. The molecule has 2 amide bonds. The third kappa shape index (κ3) is 8.97. The van der Waals surface area contributed by atoms with Crippen LogP contribution in [0.15, 0.2) is 119 Å². The molecular formula is C34H33BrF3N3O4S. The molecule has 0 saturated heterocycles. The van der Waals surface area contributed by atoms with E-state index in [2.05, 4.69) is 21.2 Å². The van der Waals surface area contributed by atoms with E-state index in [9.17, 15) is 31.2 Å². The highest BCUT2D eigenvalue weighted by atomic mass is 79.9. The summed E-state index contributed by atoms with van der Waals surface area (Å²) in [4.78, 5) is 29.2. The lowest BCUT2D eigenvalue weighted by atomic mass is 10.0. The van der Waals surface area contributed by atoms with Gasteiger partial charge in [-0.1, -0.05) is 82.7 Å². The van der Waals surface area contributed by atoms with Gasteiger partial charge in [-0.15, -0.1) is 0 Å². The number of carbonyl (C=O) groups is 2. The largest absolute Gasteiger partial charge is 0.416 e. The third-order valence-corrected chi connectivity index (χ3v) is 9.30. The summed E-state index contributed by atoms with van der Waals surface area (Å²) in [5, 5.41) is 2.86. The first kappa shape index (κ1) is 34.7. The van der Waals surface area contributed by atoms with E-state index in [1.165, 1.54) is 35.2 Å². The van der Waals surface area contributed by atoms with E-state index in [1.54, 1.807) is 56.3 Å². The zero-order valence-electron chi connectivity index (χ0n) is 25.1. The van der Waals surface area contributed by atoms with Gasteiger partial charge in [-0.25, -0.2) is 8.42 Å². The zero-order valence-corrected chi connectivity index (χ0v) is 27.5. The molecule has 0 bridgehead atoms. The number of anilines is 1. The number of hydrogen-bond donors (Lipinski definition) is 1. The minimum Gasteiger partial charge on any atom is -0.352 e. The molecule has 0 fully saturated rings. The molecule has 0 spiro atoms. The monoisotopic (exact) mass is 715 g/mol. The second-order valence-electron chi connectivity index (χ2n) is 10.9. The van der Waals surface area contributed by atoms with Gasteiger partial charge >= 0.3 is 6.18 Å². The molecule has 1 N–H and O–H groups in total. The fourth-order valence-corrected chi connectivity index (χ4v) is 6.73. The van der Waals surface area contributed by atoms with Crippen LogP contribution in [0.2, 0.25) is 0 Å². The molecule has 0 saturated carbocycles. The first-order valence-corrected chi connectivity index (χ1v) is 16.6. The van der Waals surface area contributed by atoms with Gasteiger partial charge in [0.15, 0.2) is 0 Å². The van der Waals surface area contributed by atoms with Crippen LogP contribution >= 0.6 is 15.9 Å². The van der Waals surface area contributed by atoms with Gasteiger partial charge in [0.1, 0.15) is 12.6 Å². The van der Waals surface area contributed by atoms with Crippen molar-refractivity contribution in [2.45, 2.75) is 50.0 Å². The van der Waals surface area contributed by atoms with Gasteiger partial charge in [-0.05, 0) is 67.4 Å². The Balaban J connectivity index is 1.84. The summed E-state index contributed by atoms with van der Waals surface area (Å²) in [5.74, 6) is -1.24. The van der Waals surface area contributed by atoms with Gasteiger partial charge in [0, 0.05) is 23.5 Å². The molecule has 242 valence electrons. The third-order valence-electron chi connectivity index (χ3n) is 7.02. The summed E-state index contributed by atoms with van der Waals surface area (Å²) in [7, 11) is -4.54. The molecule has 46 heavy (non-hydrogen) atoms. The van der Waals surface area contributed by atoms with Crippen LogP contribution in [0.3, 0.4) is 0 Å². The predicted molar refractivity (Wildman–Crippen MR) is 174 cm³/mol. The number of sulfonamides is 1. The summed E-state index contributed by atoms with van der Waals surface area (Å²) in [5.41, 5.74) is -0.0181. The Bertz CT molecular complexity index is 1750. The van der Waals surface area contributed by atoms with Crippen LogP contribution in [0.5, 0.6) is 0 Å². The predicted octanol–water partition coefficient (Wildman–Crippen LogP) is 6.83. The Labute approximate surface area is 275 Å². The normalized spacial score (nSPS) is 12.4. The van der Waals surface area contributed by atoms with Crippen molar-refractivity contribution in [1.82, 2.24) is 10.2 Å². The van der Waals surface area contributed by atoms with Gasteiger partial charge in [-0.3, -0.25) is 13.9 Å². The van der Waals surface area contributed by atoms with Gasteiger partial charge in [0.25, 0.3) is 10.0 Å². The van der Waals surface area contributed by atoms with E-state index in [-0.39, 0.29) is 29.6 Å². The van der Waals surface area contributed by atoms with E-state index < -0.39 is 46.2 Å². The summed E-state index contributed by atoms with van der Waals surface area (Å²) in [6.45, 7) is 2.61. The fraction of sp³-hybridized carbons (Fsp3) is 0.235. The summed E-state index contributed by atoms with van der Waals surface area (Å²) in [6.07, 6.45) is -4.65. The van der Waals surface area contributed by atoms with Crippen molar-refractivity contribution in [2.24, 2.45) is 0 Å². The molecule has 4 aromatic rings. The fourth-order valence-electron chi connectivity index (χ4n) is 4.85. The standard InChI is InChI=1S/C34H33BrF3N3O4S/c1-24(2)39-33(43)31(20-25-11-5-3-6-12-25)40(22-26-13-9-15-28(35)19-26)32(42)23-41(46(44,45)30-17-7-4-8-18-30)29-16-10-14-27(21-29)34(36,37)38/h3-19,21,24,31H,20,22-23H2,1-2H3,(H,39,43)/t31-/m1/s1. The number of nitrogens with one attached hydrogen (secondary N) is 1. The van der Waals surface area contributed by atoms with Crippen molar-refractivity contribution >= 4 is 43.5 Å². The van der Waals surface area contributed by atoms with Crippen LogP contribution in [-0.2, 0) is 38.8 Å². The number of hydrogen-bond acceptors (Lipinski definition) is 4. The highest BCUT2D eigenvalue weighted by molar-refractivity contribution is 9.10. The van der Waals surface area contributed by atoms with Crippen molar-refractivity contribution in [3.8, 4) is 0 Å². The molecule has 0 aromatic heterocycles. The highest BCUT2D eigenvalue weighted by Gasteiger charge is 2.36. The molecule has 7 nitrogen and oxygen atoms in total. The SMILES string of the molecule is CC(C)NC(=O)[C@@H](Cc1ccccc1)N(Cc1cccc(Br)c1)C(=O)CN(c1cccc(C(F)(F)F)c1)S(=O)(=O)c1ccccc1. The number of rotatable bonds is 12. The smallest absolute Gasteiger partial charge is 0.352 e. The van der Waals surface area contributed by atoms with E-state index in [4.69, 9.17) is 0 Å². The quantitative estimate of drug-likeness (QED) is 0.174. The Hall–Kier alpha value is -4.16. The highest BCUT2D eigenvalue weighted by Crippen LogP contribution is 2.33. The average molecular weight is 717 g/mol. The van der Waals surface area contributed by atoms with Gasteiger partial charge in [0.2, 0.25) is 11.8 Å². The van der Waals surface area contributed by atoms with Crippen molar-refractivity contribution in [1.29, 1.82) is 0 Å². The number of nitrogens with zero attached hydrogens (tertiary/aromatic N) is 2. The molecule has 1 atom stereocenters. The topological polar surface area (TPSA) is 86.8 Å². The summed E-state index contributed by atoms with van der Waals surface area (Å²) >= 11 is 3.43. The Morgan fingerprint density at radius 3 is 2.04 bits per heavy atom. The van der Waals surface area contributed by atoms with Crippen LogP contribution in [0.1, 0.15) is 30.5 Å². The lowest BCUT2D eigenvalue weighted by Crippen LogP contribution is -2.54. The van der Waals surface area contributed by atoms with E-state index in [0.717, 1.165) is 22.2 Å². The summed E-state index contributed by atoms with van der Waals surface area (Å²) < 4.78 is 70.5. The number of amides is 2.